The van der Waals surface area contributed by atoms with Crippen LogP contribution in [0, 0.1) is 5.92 Å². The van der Waals surface area contributed by atoms with Crippen LogP contribution in [0.15, 0.2) is 0 Å². The van der Waals surface area contributed by atoms with Crippen molar-refractivity contribution in [1.29, 1.82) is 0 Å². The highest BCUT2D eigenvalue weighted by Crippen LogP contribution is 2.14. The summed E-state index contributed by atoms with van der Waals surface area (Å²) in [5.74, 6) is 0.893. The first-order valence-electron chi connectivity index (χ1n) is 9.85. The predicted molar refractivity (Wildman–Crippen MR) is 96.0 cm³/mol. The second-order valence-corrected chi connectivity index (χ2v) is 6.98. The summed E-state index contributed by atoms with van der Waals surface area (Å²) in [5, 5.41) is 0. The molecule has 0 N–H and O–H groups in total. The van der Waals surface area contributed by atoms with Crippen molar-refractivity contribution in [3.05, 3.63) is 0 Å². The van der Waals surface area contributed by atoms with Gasteiger partial charge in [0.2, 0.25) is 0 Å². The molecule has 0 aromatic rings. The summed E-state index contributed by atoms with van der Waals surface area (Å²) in [7, 11) is 0. The van der Waals surface area contributed by atoms with Gasteiger partial charge in [-0.2, -0.15) is 0 Å². The van der Waals surface area contributed by atoms with E-state index in [4.69, 9.17) is 4.74 Å². The summed E-state index contributed by atoms with van der Waals surface area (Å²) < 4.78 is 5.35. The van der Waals surface area contributed by atoms with Crippen molar-refractivity contribution in [3.63, 3.8) is 0 Å². The van der Waals surface area contributed by atoms with Gasteiger partial charge in [0, 0.05) is 13.2 Å². The lowest BCUT2D eigenvalue weighted by atomic mass is 10.0. The maximum Gasteiger partial charge on any atom is 0.0465 e. The zero-order chi connectivity index (χ0) is 15.6. The largest absolute Gasteiger partial charge is 0.382 e. The Kier molecular flexibility index (Phi) is 18.0. The first-order valence-corrected chi connectivity index (χ1v) is 9.85. The van der Waals surface area contributed by atoms with E-state index >= 15 is 0 Å². The summed E-state index contributed by atoms with van der Waals surface area (Å²) in [6.45, 7) is 8.58. The summed E-state index contributed by atoms with van der Waals surface area (Å²) in [4.78, 5) is 0. The molecule has 0 radical (unpaired) electrons. The number of ether oxygens (including phenoxy) is 1. The molecule has 0 aliphatic carbocycles. The van der Waals surface area contributed by atoms with Gasteiger partial charge in [-0.1, -0.05) is 97.3 Å². The van der Waals surface area contributed by atoms with Gasteiger partial charge in [-0.15, -0.1) is 0 Å². The quantitative estimate of drug-likeness (QED) is 0.259. The smallest absolute Gasteiger partial charge is 0.0465 e. The van der Waals surface area contributed by atoms with Gasteiger partial charge in [0.1, 0.15) is 0 Å². The Bertz CT molecular complexity index is 177. The van der Waals surface area contributed by atoms with Gasteiger partial charge >= 0.3 is 0 Å². The first-order chi connectivity index (χ1) is 10.3. The molecule has 0 unspecified atom stereocenters. The minimum Gasteiger partial charge on any atom is -0.382 e. The van der Waals surface area contributed by atoms with Crippen molar-refractivity contribution in [1.82, 2.24) is 0 Å². The van der Waals surface area contributed by atoms with Crippen LogP contribution < -0.4 is 0 Å². The van der Waals surface area contributed by atoms with Crippen molar-refractivity contribution in [2.24, 2.45) is 5.92 Å². The highest BCUT2D eigenvalue weighted by atomic mass is 16.5. The fraction of sp³-hybridized carbons (Fsp3) is 1.00. The van der Waals surface area contributed by atoms with Gasteiger partial charge in [0.05, 0.1) is 0 Å². The fourth-order valence-electron chi connectivity index (χ4n) is 2.85. The van der Waals surface area contributed by atoms with Crippen molar-refractivity contribution >= 4 is 0 Å². The zero-order valence-electron chi connectivity index (χ0n) is 15.3. The van der Waals surface area contributed by atoms with Crippen LogP contribution in [0.3, 0.4) is 0 Å². The minimum absolute atomic E-state index is 0.873. The Morgan fingerprint density at radius 2 is 0.952 bits per heavy atom. The third-order valence-corrected chi connectivity index (χ3v) is 4.27. The summed E-state index contributed by atoms with van der Waals surface area (Å²) in [6.07, 6.45) is 20.0. The average molecular weight is 299 g/mol. The molecule has 0 saturated carbocycles. The van der Waals surface area contributed by atoms with Crippen LogP contribution in [0.2, 0.25) is 0 Å². The second-order valence-electron chi connectivity index (χ2n) is 6.98. The SMILES string of the molecule is CCOCCCCCCCCCCCCCCCC(C)C. The summed E-state index contributed by atoms with van der Waals surface area (Å²) in [5.41, 5.74) is 0. The molecule has 21 heavy (non-hydrogen) atoms. The maximum atomic E-state index is 5.35. The van der Waals surface area contributed by atoms with E-state index in [0.29, 0.717) is 0 Å². The van der Waals surface area contributed by atoms with E-state index in [1.165, 1.54) is 89.9 Å². The van der Waals surface area contributed by atoms with Crippen LogP contribution in [-0.2, 0) is 4.74 Å². The molecule has 0 aromatic heterocycles. The van der Waals surface area contributed by atoms with Gasteiger partial charge in [0.25, 0.3) is 0 Å². The fourth-order valence-corrected chi connectivity index (χ4v) is 2.85. The average Bonchev–Trinajstić information content (AvgIpc) is 2.46. The topological polar surface area (TPSA) is 9.23 Å². The number of hydrogen-bond acceptors (Lipinski definition) is 1. The molecule has 128 valence electrons. The molecule has 1 heteroatoms. The van der Waals surface area contributed by atoms with E-state index in [9.17, 15) is 0 Å². The normalized spacial score (nSPS) is 11.4. The third-order valence-electron chi connectivity index (χ3n) is 4.27. The Morgan fingerprint density at radius 3 is 1.33 bits per heavy atom. The molecule has 0 aliphatic rings. The van der Waals surface area contributed by atoms with Gasteiger partial charge < -0.3 is 4.74 Å². The predicted octanol–water partition coefficient (Wildman–Crippen LogP) is 7.14. The Labute approximate surface area is 135 Å². The lowest BCUT2D eigenvalue weighted by Gasteiger charge is -2.05. The van der Waals surface area contributed by atoms with Crippen LogP contribution in [-0.4, -0.2) is 13.2 Å². The van der Waals surface area contributed by atoms with E-state index in [0.717, 1.165) is 19.1 Å². The number of hydrogen-bond donors (Lipinski definition) is 0. The molecule has 0 saturated heterocycles. The van der Waals surface area contributed by atoms with E-state index < -0.39 is 0 Å². The highest BCUT2D eigenvalue weighted by molar-refractivity contribution is 4.50. The van der Waals surface area contributed by atoms with Crippen LogP contribution in [0.4, 0.5) is 0 Å². The Morgan fingerprint density at radius 1 is 0.571 bits per heavy atom. The zero-order valence-corrected chi connectivity index (χ0v) is 15.3. The Hall–Kier alpha value is -0.0400. The van der Waals surface area contributed by atoms with Crippen molar-refractivity contribution in [2.45, 2.75) is 111 Å². The minimum atomic E-state index is 0.873. The van der Waals surface area contributed by atoms with E-state index in [-0.39, 0.29) is 0 Å². The van der Waals surface area contributed by atoms with Crippen LogP contribution >= 0.6 is 0 Å². The van der Waals surface area contributed by atoms with Gasteiger partial charge in [0.15, 0.2) is 0 Å². The van der Waals surface area contributed by atoms with Crippen LogP contribution in [0.25, 0.3) is 0 Å². The Balaban J connectivity index is 2.93. The number of unbranched alkanes of at least 4 members (excludes halogenated alkanes) is 12. The molecule has 0 fully saturated rings. The summed E-state index contributed by atoms with van der Waals surface area (Å²) >= 11 is 0. The van der Waals surface area contributed by atoms with E-state index in [1.54, 1.807) is 0 Å². The molecule has 0 atom stereocenters. The molecule has 0 heterocycles. The molecule has 1 nitrogen and oxygen atoms in total. The number of rotatable bonds is 17. The third kappa shape index (κ3) is 20.0. The molecule has 0 aromatic carbocycles. The highest BCUT2D eigenvalue weighted by Gasteiger charge is 1.96. The van der Waals surface area contributed by atoms with Crippen LogP contribution in [0.5, 0.6) is 0 Å². The first kappa shape index (κ1) is 21.0. The molecular weight excluding hydrogens is 256 g/mol. The van der Waals surface area contributed by atoms with E-state index in [1.807, 2.05) is 0 Å². The van der Waals surface area contributed by atoms with E-state index in [2.05, 4.69) is 20.8 Å². The standard InChI is InChI=1S/C20H42O/c1-4-21-19-17-15-13-11-9-7-5-6-8-10-12-14-16-18-20(2)3/h20H,4-19H2,1-3H3. The van der Waals surface area contributed by atoms with Crippen molar-refractivity contribution in [2.75, 3.05) is 13.2 Å². The van der Waals surface area contributed by atoms with Crippen molar-refractivity contribution < 1.29 is 4.74 Å². The monoisotopic (exact) mass is 298 g/mol. The molecular formula is C20H42O. The van der Waals surface area contributed by atoms with Gasteiger partial charge in [-0.05, 0) is 19.3 Å². The van der Waals surface area contributed by atoms with Gasteiger partial charge in [-0.25, -0.2) is 0 Å². The second kappa shape index (κ2) is 18.0. The molecule has 0 aliphatic heterocycles. The van der Waals surface area contributed by atoms with Crippen molar-refractivity contribution in [3.8, 4) is 0 Å². The maximum absolute atomic E-state index is 5.35. The summed E-state index contributed by atoms with van der Waals surface area (Å²) in [6, 6.07) is 0. The lowest BCUT2D eigenvalue weighted by molar-refractivity contribution is 0.143. The molecule has 0 amide bonds. The van der Waals surface area contributed by atoms with Crippen LogP contribution in [0.1, 0.15) is 111 Å². The molecule has 0 bridgehead atoms. The molecule has 0 rings (SSSR count). The lowest BCUT2D eigenvalue weighted by Crippen LogP contribution is -1.92. The van der Waals surface area contributed by atoms with Gasteiger partial charge in [-0.3, -0.25) is 0 Å². The molecule has 0 spiro atoms.